The zero-order chi connectivity index (χ0) is 11.2. The van der Waals surface area contributed by atoms with Crippen molar-refractivity contribution in [3.8, 4) is 0 Å². The van der Waals surface area contributed by atoms with Gasteiger partial charge >= 0.3 is 0 Å². The van der Waals surface area contributed by atoms with Crippen LogP contribution in [0, 0.1) is 0 Å². The monoisotopic (exact) mass is 273 g/mol. The van der Waals surface area contributed by atoms with Gasteiger partial charge in [-0.05, 0) is 30.5 Å². The first-order chi connectivity index (χ1) is 7.70. The van der Waals surface area contributed by atoms with Crippen LogP contribution in [-0.4, -0.2) is 18.3 Å². The van der Waals surface area contributed by atoms with Gasteiger partial charge in [0.25, 0.3) is 0 Å². The van der Waals surface area contributed by atoms with Crippen molar-refractivity contribution < 1.29 is 0 Å². The summed E-state index contributed by atoms with van der Waals surface area (Å²) in [5, 5.41) is 4.91. The number of piperidine rings is 1. The maximum atomic E-state index is 6.10. The Labute approximate surface area is 110 Å². The summed E-state index contributed by atoms with van der Waals surface area (Å²) in [6.07, 6.45) is 2.51. The highest BCUT2D eigenvalue weighted by Gasteiger charge is 2.42. The summed E-state index contributed by atoms with van der Waals surface area (Å²) >= 11 is 14.1. The minimum atomic E-state index is 0.225. The van der Waals surface area contributed by atoms with Crippen LogP contribution < -0.4 is 5.32 Å². The van der Waals surface area contributed by atoms with E-state index in [1.165, 1.54) is 24.2 Å². The molecule has 3 aliphatic heterocycles. The summed E-state index contributed by atoms with van der Waals surface area (Å²) in [5.41, 5.74) is 1.32. The number of rotatable bonds is 1. The van der Waals surface area contributed by atoms with E-state index in [0.29, 0.717) is 10.0 Å². The first kappa shape index (κ1) is 11.2. The molecular formula is C12H13Cl2NS. The lowest BCUT2D eigenvalue weighted by molar-refractivity contribution is 0.342. The molecule has 0 aromatic heterocycles. The fourth-order valence-electron chi connectivity index (χ4n) is 2.54. The second kappa shape index (κ2) is 4.09. The van der Waals surface area contributed by atoms with Gasteiger partial charge in [0.2, 0.25) is 0 Å². The van der Waals surface area contributed by atoms with Crippen LogP contribution in [0.2, 0.25) is 10.0 Å². The van der Waals surface area contributed by atoms with E-state index in [-0.39, 0.29) is 4.75 Å². The molecule has 16 heavy (non-hydrogen) atoms. The van der Waals surface area contributed by atoms with Crippen LogP contribution in [-0.2, 0) is 4.75 Å². The number of hydrogen-bond acceptors (Lipinski definition) is 2. The molecule has 3 saturated heterocycles. The molecule has 0 amide bonds. The Morgan fingerprint density at radius 1 is 1.31 bits per heavy atom. The third-order valence-electron chi connectivity index (χ3n) is 3.58. The minimum absolute atomic E-state index is 0.225. The Balaban J connectivity index is 1.98. The topological polar surface area (TPSA) is 12.0 Å². The average Bonchev–Trinajstić information content (AvgIpc) is 2.35. The van der Waals surface area contributed by atoms with Gasteiger partial charge in [0, 0.05) is 18.3 Å². The molecule has 1 N–H and O–H groups in total. The van der Waals surface area contributed by atoms with Gasteiger partial charge in [-0.3, -0.25) is 0 Å². The van der Waals surface area contributed by atoms with Crippen molar-refractivity contribution in [1.82, 2.24) is 5.32 Å². The highest BCUT2D eigenvalue weighted by molar-refractivity contribution is 8.00. The van der Waals surface area contributed by atoms with Gasteiger partial charge in [0.1, 0.15) is 0 Å². The molecule has 4 rings (SSSR count). The highest BCUT2D eigenvalue weighted by atomic mass is 35.5. The van der Waals surface area contributed by atoms with Crippen molar-refractivity contribution in [2.75, 3.05) is 12.3 Å². The molecule has 0 spiro atoms. The second-order valence-electron chi connectivity index (χ2n) is 4.55. The molecule has 1 aromatic rings. The zero-order valence-corrected chi connectivity index (χ0v) is 11.1. The van der Waals surface area contributed by atoms with Crippen LogP contribution >= 0.6 is 35.0 Å². The van der Waals surface area contributed by atoms with Crippen molar-refractivity contribution in [3.05, 3.63) is 33.8 Å². The van der Waals surface area contributed by atoms with Crippen LogP contribution in [0.3, 0.4) is 0 Å². The average molecular weight is 274 g/mol. The van der Waals surface area contributed by atoms with E-state index in [1.54, 1.807) is 0 Å². The standard InChI is InChI=1S/C12H13Cl2NS/c13-10-2-1-8(5-11(10)14)12-4-3-9(6-16-12)15-7-12/h1-2,5,9,15H,3-4,6-7H2. The van der Waals surface area contributed by atoms with Crippen molar-refractivity contribution in [3.63, 3.8) is 0 Å². The van der Waals surface area contributed by atoms with E-state index in [1.807, 2.05) is 12.1 Å². The first-order valence-corrected chi connectivity index (χ1v) is 7.27. The van der Waals surface area contributed by atoms with Crippen LogP contribution in [0.25, 0.3) is 0 Å². The third-order valence-corrected chi connectivity index (χ3v) is 6.02. The molecule has 3 heterocycles. The predicted molar refractivity (Wildman–Crippen MR) is 71.6 cm³/mol. The van der Waals surface area contributed by atoms with Crippen LogP contribution in [0.5, 0.6) is 0 Å². The van der Waals surface area contributed by atoms with Gasteiger partial charge in [-0.1, -0.05) is 29.3 Å². The first-order valence-electron chi connectivity index (χ1n) is 5.52. The van der Waals surface area contributed by atoms with Crippen molar-refractivity contribution in [1.29, 1.82) is 0 Å². The van der Waals surface area contributed by atoms with Gasteiger partial charge in [0.15, 0.2) is 0 Å². The molecule has 0 aliphatic carbocycles. The maximum absolute atomic E-state index is 6.10. The Morgan fingerprint density at radius 3 is 2.75 bits per heavy atom. The van der Waals surface area contributed by atoms with Crippen molar-refractivity contribution >= 4 is 35.0 Å². The summed E-state index contributed by atoms with van der Waals surface area (Å²) in [4.78, 5) is 0. The number of benzene rings is 1. The quantitative estimate of drug-likeness (QED) is 0.838. The Bertz CT molecular complexity index is 400. The number of nitrogens with one attached hydrogen (secondary N) is 1. The van der Waals surface area contributed by atoms with Gasteiger partial charge in [-0.2, -0.15) is 0 Å². The lowest BCUT2D eigenvalue weighted by Gasteiger charge is -2.47. The molecule has 86 valence electrons. The zero-order valence-electron chi connectivity index (χ0n) is 8.80. The predicted octanol–water partition coefficient (Wildman–Crippen LogP) is 3.69. The number of thioether (sulfide) groups is 1. The van der Waals surface area contributed by atoms with E-state index >= 15 is 0 Å². The third kappa shape index (κ3) is 1.76. The van der Waals surface area contributed by atoms with E-state index in [9.17, 15) is 0 Å². The van der Waals surface area contributed by atoms with Gasteiger partial charge < -0.3 is 5.32 Å². The molecule has 0 saturated carbocycles. The Morgan fingerprint density at radius 2 is 2.19 bits per heavy atom. The normalized spacial score (nSPS) is 33.0. The Hall–Kier alpha value is 0.110. The summed E-state index contributed by atoms with van der Waals surface area (Å²) in [6.45, 7) is 1.06. The largest absolute Gasteiger partial charge is 0.311 e. The molecule has 1 nitrogen and oxygen atoms in total. The molecule has 3 aliphatic rings. The van der Waals surface area contributed by atoms with Crippen LogP contribution in [0.1, 0.15) is 18.4 Å². The fraction of sp³-hybridized carbons (Fsp3) is 0.500. The number of fused-ring (bicyclic) bond motifs is 3. The summed E-state index contributed by atoms with van der Waals surface area (Å²) in [6, 6.07) is 6.78. The minimum Gasteiger partial charge on any atom is -0.311 e. The van der Waals surface area contributed by atoms with Crippen molar-refractivity contribution in [2.24, 2.45) is 0 Å². The van der Waals surface area contributed by atoms with Gasteiger partial charge in [0.05, 0.1) is 14.8 Å². The molecule has 2 atom stereocenters. The summed E-state index contributed by atoms with van der Waals surface area (Å²) < 4.78 is 0.225. The molecular weight excluding hydrogens is 261 g/mol. The lowest BCUT2D eigenvalue weighted by atomic mass is 9.87. The smallest absolute Gasteiger partial charge is 0.0595 e. The SMILES string of the molecule is Clc1ccc(C23CCC(CS2)NC3)cc1Cl. The molecule has 4 heteroatoms. The second-order valence-corrected chi connectivity index (χ2v) is 6.77. The number of hydrogen-bond donors (Lipinski definition) is 1. The summed E-state index contributed by atoms with van der Waals surface area (Å²) in [5.74, 6) is 1.21. The number of halogens is 2. The van der Waals surface area contributed by atoms with E-state index in [4.69, 9.17) is 23.2 Å². The highest BCUT2D eigenvalue weighted by Crippen LogP contribution is 2.48. The maximum Gasteiger partial charge on any atom is 0.0595 e. The van der Waals surface area contributed by atoms with Gasteiger partial charge in [-0.15, -0.1) is 11.8 Å². The fourth-order valence-corrected chi connectivity index (χ4v) is 4.39. The molecule has 0 radical (unpaired) electrons. The molecule has 1 aromatic carbocycles. The van der Waals surface area contributed by atoms with Crippen molar-refractivity contribution in [2.45, 2.75) is 23.6 Å². The van der Waals surface area contributed by atoms with Crippen LogP contribution in [0.4, 0.5) is 0 Å². The molecule has 2 bridgehead atoms. The van der Waals surface area contributed by atoms with Crippen LogP contribution in [0.15, 0.2) is 18.2 Å². The van der Waals surface area contributed by atoms with Gasteiger partial charge in [-0.25, -0.2) is 0 Å². The Kier molecular flexibility index (Phi) is 2.87. The van der Waals surface area contributed by atoms with E-state index < -0.39 is 0 Å². The molecule has 2 unspecified atom stereocenters. The van der Waals surface area contributed by atoms with E-state index in [2.05, 4.69) is 23.1 Å². The summed E-state index contributed by atoms with van der Waals surface area (Å²) in [7, 11) is 0. The molecule has 3 fully saturated rings. The lowest BCUT2D eigenvalue weighted by Crippen LogP contribution is -2.53. The van der Waals surface area contributed by atoms with E-state index in [0.717, 1.165) is 12.6 Å².